The Hall–Kier alpha value is -0.660. The maximum Gasteiger partial charge on any atom is 0.225 e. The number of carbonyl (C=O) groups excluding carboxylic acids is 1. The number of likely N-dealkylation sites (tertiary alicyclic amines) is 1. The standard InChI is InChI=1S/C14H24N2O4S/c1-2-21(19,20)16-7-5-11(6-8-16)13(17)15-9-14(18,10-15)12-3-4-12/h11-12,18H,2-10H2,1H3. The Balaban J connectivity index is 1.50. The monoisotopic (exact) mass is 316 g/mol. The van der Waals surface area contributed by atoms with Crippen LogP contribution >= 0.6 is 0 Å². The molecule has 1 N–H and O–H groups in total. The third kappa shape index (κ3) is 2.83. The highest BCUT2D eigenvalue weighted by atomic mass is 32.2. The minimum absolute atomic E-state index is 0.0861. The van der Waals surface area contributed by atoms with Crippen molar-refractivity contribution in [3.05, 3.63) is 0 Å². The highest BCUT2D eigenvalue weighted by Gasteiger charge is 2.53. The van der Waals surface area contributed by atoms with Crippen molar-refractivity contribution in [2.24, 2.45) is 11.8 Å². The van der Waals surface area contributed by atoms with Crippen LogP contribution in [0.15, 0.2) is 0 Å². The van der Waals surface area contributed by atoms with Gasteiger partial charge in [-0.1, -0.05) is 0 Å². The molecule has 1 aliphatic carbocycles. The molecule has 120 valence electrons. The third-order valence-electron chi connectivity index (χ3n) is 5.14. The Morgan fingerprint density at radius 1 is 1.19 bits per heavy atom. The molecule has 7 heteroatoms. The number of rotatable bonds is 4. The van der Waals surface area contributed by atoms with E-state index in [0.29, 0.717) is 44.9 Å². The summed E-state index contributed by atoms with van der Waals surface area (Å²) in [5, 5.41) is 10.3. The maximum atomic E-state index is 12.4. The van der Waals surface area contributed by atoms with E-state index in [1.54, 1.807) is 11.8 Å². The number of sulfonamides is 1. The van der Waals surface area contributed by atoms with E-state index in [1.807, 2.05) is 0 Å². The smallest absolute Gasteiger partial charge is 0.225 e. The Labute approximate surface area is 126 Å². The lowest BCUT2D eigenvalue weighted by atomic mass is 9.86. The number of β-amino-alcohol motifs (C(OH)–C–C–N with tert-alkyl or cyclic N) is 1. The van der Waals surface area contributed by atoms with Gasteiger partial charge >= 0.3 is 0 Å². The first-order valence-electron chi connectivity index (χ1n) is 7.85. The molecule has 2 saturated heterocycles. The molecule has 21 heavy (non-hydrogen) atoms. The van der Waals surface area contributed by atoms with Gasteiger partial charge in [-0.15, -0.1) is 0 Å². The molecule has 3 rings (SSSR count). The maximum absolute atomic E-state index is 12.4. The Bertz CT molecular complexity index is 515. The Kier molecular flexibility index (Phi) is 3.78. The molecule has 2 heterocycles. The summed E-state index contributed by atoms with van der Waals surface area (Å²) in [5.41, 5.74) is -0.637. The third-order valence-corrected chi connectivity index (χ3v) is 7.02. The van der Waals surface area contributed by atoms with Crippen molar-refractivity contribution < 1.29 is 18.3 Å². The second kappa shape index (κ2) is 5.21. The zero-order valence-electron chi connectivity index (χ0n) is 12.5. The number of piperidine rings is 1. The van der Waals surface area contributed by atoms with Gasteiger partial charge in [0.25, 0.3) is 0 Å². The molecule has 3 fully saturated rings. The van der Waals surface area contributed by atoms with Crippen molar-refractivity contribution in [3.8, 4) is 0 Å². The van der Waals surface area contributed by atoms with E-state index in [2.05, 4.69) is 0 Å². The van der Waals surface area contributed by atoms with Gasteiger partial charge < -0.3 is 10.0 Å². The predicted octanol–water partition coefficient (Wildman–Crippen LogP) is 0.0314. The summed E-state index contributed by atoms with van der Waals surface area (Å²) < 4.78 is 25.1. The summed E-state index contributed by atoms with van der Waals surface area (Å²) in [6.07, 6.45) is 3.34. The van der Waals surface area contributed by atoms with Crippen LogP contribution in [0.1, 0.15) is 32.6 Å². The van der Waals surface area contributed by atoms with Crippen molar-refractivity contribution >= 4 is 15.9 Å². The summed E-state index contributed by atoms with van der Waals surface area (Å²) in [6, 6.07) is 0. The predicted molar refractivity (Wildman–Crippen MR) is 78.0 cm³/mol. The van der Waals surface area contributed by atoms with Gasteiger partial charge in [-0.05, 0) is 38.5 Å². The van der Waals surface area contributed by atoms with Crippen LogP contribution in [-0.2, 0) is 14.8 Å². The summed E-state index contributed by atoms with van der Waals surface area (Å²) in [7, 11) is -3.14. The van der Waals surface area contributed by atoms with E-state index in [4.69, 9.17) is 0 Å². The highest BCUT2D eigenvalue weighted by Crippen LogP contribution is 2.45. The van der Waals surface area contributed by atoms with Crippen LogP contribution in [0.5, 0.6) is 0 Å². The first-order valence-corrected chi connectivity index (χ1v) is 9.45. The van der Waals surface area contributed by atoms with Crippen LogP contribution in [0.3, 0.4) is 0 Å². The summed E-state index contributed by atoms with van der Waals surface area (Å²) in [5.74, 6) is 0.510. The van der Waals surface area contributed by atoms with Gasteiger partial charge in [0.05, 0.1) is 18.8 Å². The fourth-order valence-electron chi connectivity index (χ4n) is 3.47. The summed E-state index contributed by atoms with van der Waals surface area (Å²) >= 11 is 0. The van der Waals surface area contributed by atoms with E-state index in [-0.39, 0.29) is 17.6 Å². The lowest BCUT2D eigenvalue weighted by Crippen LogP contribution is -2.66. The van der Waals surface area contributed by atoms with Crippen LogP contribution in [0.25, 0.3) is 0 Å². The van der Waals surface area contributed by atoms with Crippen LogP contribution in [-0.4, -0.2) is 66.2 Å². The molecule has 0 aromatic heterocycles. The molecular weight excluding hydrogens is 292 g/mol. The van der Waals surface area contributed by atoms with Gasteiger partial charge in [0.1, 0.15) is 5.60 Å². The summed E-state index contributed by atoms with van der Waals surface area (Å²) in [6.45, 7) is 3.44. The van der Waals surface area contributed by atoms with Gasteiger partial charge in [-0.25, -0.2) is 12.7 Å². The molecule has 1 saturated carbocycles. The van der Waals surface area contributed by atoms with Crippen LogP contribution < -0.4 is 0 Å². The Morgan fingerprint density at radius 3 is 2.24 bits per heavy atom. The lowest BCUT2D eigenvalue weighted by molar-refractivity contribution is -0.164. The van der Waals surface area contributed by atoms with Crippen LogP contribution in [0, 0.1) is 11.8 Å². The second-order valence-corrected chi connectivity index (χ2v) is 8.90. The van der Waals surface area contributed by atoms with E-state index < -0.39 is 15.6 Å². The number of aliphatic hydroxyl groups is 1. The van der Waals surface area contributed by atoms with Gasteiger partial charge in [-0.2, -0.15) is 0 Å². The number of nitrogens with zero attached hydrogens (tertiary/aromatic N) is 2. The molecule has 0 aromatic carbocycles. The first kappa shape index (κ1) is 15.2. The van der Waals surface area contributed by atoms with E-state index >= 15 is 0 Å². The topological polar surface area (TPSA) is 77.9 Å². The van der Waals surface area contributed by atoms with Crippen LogP contribution in [0.4, 0.5) is 0 Å². The van der Waals surface area contributed by atoms with Gasteiger partial charge in [0, 0.05) is 19.0 Å². The SMILES string of the molecule is CCS(=O)(=O)N1CCC(C(=O)N2CC(O)(C3CC3)C2)CC1. The molecular formula is C14H24N2O4S. The zero-order valence-corrected chi connectivity index (χ0v) is 13.3. The van der Waals surface area contributed by atoms with Gasteiger partial charge in [-0.3, -0.25) is 4.79 Å². The molecule has 3 aliphatic rings. The van der Waals surface area contributed by atoms with Crippen molar-refractivity contribution in [3.63, 3.8) is 0 Å². The van der Waals surface area contributed by atoms with Gasteiger partial charge in [0.2, 0.25) is 15.9 Å². The van der Waals surface area contributed by atoms with Gasteiger partial charge in [0.15, 0.2) is 0 Å². The zero-order chi connectivity index (χ0) is 15.3. The van der Waals surface area contributed by atoms with Crippen molar-refractivity contribution in [2.45, 2.75) is 38.2 Å². The molecule has 0 spiro atoms. The van der Waals surface area contributed by atoms with E-state index in [9.17, 15) is 18.3 Å². The van der Waals surface area contributed by atoms with Crippen LogP contribution in [0.2, 0.25) is 0 Å². The molecule has 0 atom stereocenters. The van der Waals surface area contributed by atoms with Crippen molar-refractivity contribution in [1.29, 1.82) is 0 Å². The minimum Gasteiger partial charge on any atom is -0.386 e. The fourth-order valence-corrected chi connectivity index (χ4v) is 4.60. The highest BCUT2D eigenvalue weighted by molar-refractivity contribution is 7.89. The molecule has 2 aliphatic heterocycles. The molecule has 0 bridgehead atoms. The number of amides is 1. The quantitative estimate of drug-likeness (QED) is 0.794. The first-order chi connectivity index (χ1) is 9.86. The molecule has 1 amide bonds. The van der Waals surface area contributed by atoms with E-state index in [1.165, 1.54) is 4.31 Å². The molecule has 0 unspecified atom stereocenters. The minimum atomic E-state index is -3.14. The molecule has 6 nitrogen and oxygen atoms in total. The van der Waals surface area contributed by atoms with Crippen molar-refractivity contribution in [1.82, 2.24) is 9.21 Å². The second-order valence-electron chi connectivity index (χ2n) is 6.65. The molecule has 0 aromatic rings. The number of carbonyl (C=O) groups is 1. The number of hydrogen-bond acceptors (Lipinski definition) is 4. The lowest BCUT2D eigenvalue weighted by Gasteiger charge is -2.48. The largest absolute Gasteiger partial charge is 0.386 e. The Morgan fingerprint density at radius 2 is 1.76 bits per heavy atom. The average Bonchev–Trinajstić information content (AvgIpc) is 3.28. The van der Waals surface area contributed by atoms with E-state index in [0.717, 1.165) is 12.8 Å². The fraction of sp³-hybridized carbons (Fsp3) is 0.929. The normalized spacial score (nSPS) is 27.4. The molecule has 0 radical (unpaired) electrons. The number of hydrogen-bond donors (Lipinski definition) is 1. The van der Waals surface area contributed by atoms with Crippen molar-refractivity contribution in [2.75, 3.05) is 31.9 Å². The average molecular weight is 316 g/mol. The summed E-state index contributed by atoms with van der Waals surface area (Å²) in [4.78, 5) is 14.1.